The molecule has 30 heavy (non-hydrogen) atoms. The zero-order chi connectivity index (χ0) is 21.3. The number of aliphatic imine (C=N–C) groups is 1. The van der Waals surface area contributed by atoms with E-state index in [9.17, 15) is 13.6 Å². The van der Waals surface area contributed by atoms with Gasteiger partial charge in [-0.2, -0.15) is 0 Å². The molecule has 2 aliphatic heterocycles. The highest BCUT2D eigenvalue weighted by molar-refractivity contribution is 6.26. The van der Waals surface area contributed by atoms with Gasteiger partial charge in [0.15, 0.2) is 17.3 Å². The van der Waals surface area contributed by atoms with Crippen molar-refractivity contribution in [2.24, 2.45) is 10.9 Å². The van der Waals surface area contributed by atoms with E-state index in [4.69, 9.17) is 4.74 Å². The third kappa shape index (κ3) is 4.38. The predicted molar refractivity (Wildman–Crippen MR) is 114 cm³/mol. The summed E-state index contributed by atoms with van der Waals surface area (Å²) in [5.74, 6) is 0.169. The molecular weight excluding hydrogens is 386 g/mol. The van der Waals surface area contributed by atoms with Crippen LogP contribution in [0.15, 0.2) is 35.0 Å². The SMILES string of the molecule is CC(C)Oc1cc2c(cc1F)CC(=O)/C2=C\C1=CN=C(C2CCN(CCF)CC2)C1. The molecule has 0 saturated carbocycles. The highest BCUT2D eigenvalue weighted by Gasteiger charge is 2.29. The molecule has 1 aromatic rings. The van der Waals surface area contributed by atoms with Crippen LogP contribution in [-0.4, -0.2) is 48.8 Å². The molecular formula is C24H28F2N2O2. The van der Waals surface area contributed by atoms with E-state index < -0.39 is 5.82 Å². The lowest BCUT2D eigenvalue weighted by Gasteiger charge is -2.31. The molecule has 0 aromatic heterocycles. The zero-order valence-electron chi connectivity index (χ0n) is 17.6. The number of piperidine rings is 1. The van der Waals surface area contributed by atoms with Gasteiger partial charge in [0.05, 0.1) is 6.10 Å². The van der Waals surface area contributed by atoms with Crippen LogP contribution < -0.4 is 4.74 Å². The molecule has 3 aliphatic rings. The number of hydrogen-bond acceptors (Lipinski definition) is 4. The lowest BCUT2D eigenvalue weighted by Crippen LogP contribution is -2.37. The van der Waals surface area contributed by atoms with Gasteiger partial charge in [0, 0.05) is 42.8 Å². The number of fused-ring (bicyclic) bond motifs is 1. The van der Waals surface area contributed by atoms with Crippen molar-refractivity contribution in [1.82, 2.24) is 4.90 Å². The lowest BCUT2D eigenvalue weighted by atomic mass is 9.89. The Morgan fingerprint density at radius 1 is 1.27 bits per heavy atom. The minimum Gasteiger partial charge on any atom is -0.488 e. The van der Waals surface area contributed by atoms with Crippen molar-refractivity contribution in [2.45, 2.75) is 45.6 Å². The minimum atomic E-state index is -0.429. The second-order valence-electron chi connectivity index (χ2n) is 8.57. The number of rotatable bonds is 6. The van der Waals surface area contributed by atoms with Crippen LogP contribution in [0.4, 0.5) is 8.78 Å². The number of carbonyl (C=O) groups excluding carboxylic acids is 1. The van der Waals surface area contributed by atoms with Crippen LogP contribution in [0.5, 0.6) is 5.75 Å². The molecule has 4 nitrogen and oxygen atoms in total. The Morgan fingerprint density at radius 2 is 2.03 bits per heavy atom. The van der Waals surface area contributed by atoms with Gasteiger partial charge in [-0.25, -0.2) is 8.78 Å². The van der Waals surface area contributed by atoms with Gasteiger partial charge < -0.3 is 9.64 Å². The molecule has 0 unspecified atom stereocenters. The number of hydrogen-bond donors (Lipinski definition) is 0. The number of benzene rings is 1. The lowest BCUT2D eigenvalue weighted by molar-refractivity contribution is -0.112. The van der Waals surface area contributed by atoms with Gasteiger partial charge >= 0.3 is 0 Å². The molecule has 1 fully saturated rings. The normalized spacial score (nSPS) is 21.4. The fourth-order valence-corrected chi connectivity index (χ4v) is 4.51. The second-order valence-corrected chi connectivity index (χ2v) is 8.57. The standard InChI is InChI=1S/C24H28F2N2O2/c1-15(2)30-24-13-19-18(11-21(24)26)12-23(29)20(19)9-16-10-22(27-14-16)17-3-6-28(7-4-17)8-5-25/h9,11,13-15,17H,3-8,10,12H2,1-2H3/b20-9-. The van der Waals surface area contributed by atoms with Crippen molar-refractivity contribution >= 4 is 17.1 Å². The van der Waals surface area contributed by atoms with E-state index in [1.165, 1.54) is 6.07 Å². The van der Waals surface area contributed by atoms with E-state index >= 15 is 0 Å². The molecule has 1 aliphatic carbocycles. The average Bonchev–Trinajstić information content (AvgIpc) is 3.28. The summed E-state index contributed by atoms with van der Waals surface area (Å²) in [5.41, 5.74) is 4.23. The highest BCUT2D eigenvalue weighted by atomic mass is 19.1. The van der Waals surface area contributed by atoms with Crippen LogP contribution in [-0.2, 0) is 11.2 Å². The number of likely N-dealkylation sites (tertiary alicyclic amines) is 1. The first-order valence-electron chi connectivity index (χ1n) is 10.7. The first kappa shape index (κ1) is 20.9. The molecule has 160 valence electrons. The highest BCUT2D eigenvalue weighted by Crippen LogP contribution is 2.36. The number of nitrogens with zero attached hydrogens (tertiary/aromatic N) is 2. The fraction of sp³-hybridized carbons (Fsp3) is 0.500. The summed E-state index contributed by atoms with van der Waals surface area (Å²) in [6.07, 6.45) is 6.54. The topological polar surface area (TPSA) is 41.9 Å². The van der Waals surface area contributed by atoms with Gasteiger partial charge in [-0.05, 0) is 74.7 Å². The third-order valence-electron chi connectivity index (χ3n) is 6.03. The molecule has 4 rings (SSSR count). The third-order valence-corrected chi connectivity index (χ3v) is 6.03. The Hall–Kier alpha value is -2.34. The molecule has 0 bridgehead atoms. The van der Waals surface area contributed by atoms with Crippen molar-refractivity contribution in [3.05, 3.63) is 46.9 Å². The van der Waals surface area contributed by atoms with Crippen LogP contribution >= 0.6 is 0 Å². The first-order valence-corrected chi connectivity index (χ1v) is 10.7. The number of halogens is 2. The summed E-state index contributed by atoms with van der Waals surface area (Å²) >= 11 is 0. The van der Waals surface area contributed by atoms with E-state index in [1.54, 1.807) is 6.07 Å². The molecule has 2 heterocycles. The van der Waals surface area contributed by atoms with Gasteiger partial charge in [0.2, 0.25) is 0 Å². The maximum Gasteiger partial charge on any atom is 0.167 e. The minimum absolute atomic E-state index is 0.0000208. The number of alkyl halides is 1. The van der Waals surface area contributed by atoms with Crippen LogP contribution in [0.2, 0.25) is 0 Å². The molecule has 0 spiro atoms. The Balaban J connectivity index is 1.46. The van der Waals surface area contributed by atoms with Gasteiger partial charge in [0.25, 0.3) is 0 Å². The Labute approximate surface area is 176 Å². The molecule has 0 atom stereocenters. The molecule has 0 radical (unpaired) electrons. The van der Waals surface area contributed by atoms with Crippen LogP contribution in [0.25, 0.3) is 5.57 Å². The zero-order valence-corrected chi connectivity index (χ0v) is 17.6. The van der Waals surface area contributed by atoms with E-state index in [-0.39, 0.29) is 30.7 Å². The second kappa shape index (κ2) is 8.80. The Bertz CT molecular complexity index is 925. The van der Waals surface area contributed by atoms with Gasteiger partial charge in [0.1, 0.15) is 6.67 Å². The molecule has 0 N–H and O–H groups in total. The van der Waals surface area contributed by atoms with Crippen molar-refractivity contribution in [3.8, 4) is 5.75 Å². The van der Waals surface area contributed by atoms with Crippen LogP contribution in [0.3, 0.4) is 0 Å². The number of carbonyl (C=O) groups is 1. The summed E-state index contributed by atoms with van der Waals surface area (Å²) in [7, 11) is 0. The van der Waals surface area contributed by atoms with Gasteiger partial charge in [-0.3, -0.25) is 9.79 Å². The first-order chi connectivity index (χ1) is 14.4. The maximum atomic E-state index is 14.3. The van der Waals surface area contributed by atoms with E-state index in [0.29, 0.717) is 23.6 Å². The van der Waals surface area contributed by atoms with Gasteiger partial charge in [-0.1, -0.05) is 0 Å². The summed E-state index contributed by atoms with van der Waals surface area (Å²) in [4.78, 5) is 19.4. The predicted octanol–water partition coefficient (Wildman–Crippen LogP) is 4.53. The van der Waals surface area contributed by atoms with E-state index in [1.807, 2.05) is 26.1 Å². The number of allylic oxidation sites excluding steroid dienone is 3. The van der Waals surface area contributed by atoms with Crippen LogP contribution in [0.1, 0.15) is 44.2 Å². The summed E-state index contributed by atoms with van der Waals surface area (Å²) in [6.45, 7) is 5.71. The van der Waals surface area contributed by atoms with Crippen molar-refractivity contribution in [3.63, 3.8) is 0 Å². The van der Waals surface area contributed by atoms with Crippen molar-refractivity contribution < 1.29 is 18.3 Å². The van der Waals surface area contributed by atoms with E-state index in [2.05, 4.69) is 9.89 Å². The summed E-state index contributed by atoms with van der Waals surface area (Å²) in [5, 5.41) is 0. The average molecular weight is 414 g/mol. The van der Waals surface area contributed by atoms with E-state index in [0.717, 1.165) is 49.2 Å². The molecule has 1 aromatic carbocycles. The fourth-order valence-electron chi connectivity index (χ4n) is 4.51. The van der Waals surface area contributed by atoms with Gasteiger partial charge in [-0.15, -0.1) is 0 Å². The van der Waals surface area contributed by atoms with Crippen molar-refractivity contribution in [2.75, 3.05) is 26.3 Å². The maximum absolute atomic E-state index is 14.3. The smallest absolute Gasteiger partial charge is 0.167 e. The quantitative estimate of drug-likeness (QED) is 0.642. The largest absolute Gasteiger partial charge is 0.488 e. The number of ether oxygens (including phenoxy) is 1. The van der Waals surface area contributed by atoms with Crippen LogP contribution in [0, 0.1) is 11.7 Å². The van der Waals surface area contributed by atoms with Crippen molar-refractivity contribution in [1.29, 1.82) is 0 Å². The Kier molecular flexibility index (Phi) is 6.14. The Morgan fingerprint density at radius 3 is 2.73 bits per heavy atom. The molecule has 1 saturated heterocycles. The number of Topliss-reactive ketones (excluding diaryl/α,β-unsaturated/α-hetero) is 1. The molecule has 0 amide bonds. The summed E-state index contributed by atoms with van der Waals surface area (Å²) in [6, 6.07) is 3.07. The molecule has 6 heteroatoms. The summed E-state index contributed by atoms with van der Waals surface area (Å²) < 4.78 is 32.4. The number of ketones is 1. The monoisotopic (exact) mass is 414 g/mol.